The molecule has 0 saturated carbocycles. The minimum absolute atomic E-state index is 0.0825. The van der Waals surface area contributed by atoms with Crippen LogP contribution in [0.15, 0.2) is 76.2 Å². The zero-order chi connectivity index (χ0) is 30.9. The van der Waals surface area contributed by atoms with Crippen LogP contribution in [0, 0.1) is 6.92 Å². The Hall–Kier alpha value is -3.03. The van der Waals surface area contributed by atoms with E-state index in [-0.39, 0.29) is 16.2 Å². The molecule has 1 amide bonds. The fourth-order valence-corrected chi connectivity index (χ4v) is 5.95. The average Bonchev–Trinajstić information content (AvgIpc) is 2.89. The molecule has 0 spiro atoms. The third kappa shape index (κ3) is 10.4. The molecule has 2 aromatic carbocycles. The lowest BCUT2D eigenvalue weighted by Gasteiger charge is -2.37. The van der Waals surface area contributed by atoms with Crippen molar-refractivity contribution in [2.75, 3.05) is 0 Å². The molecule has 2 aromatic rings. The first-order valence-electron chi connectivity index (χ1n) is 14.5. The van der Waals surface area contributed by atoms with Crippen molar-refractivity contribution in [1.82, 2.24) is 4.72 Å². The molecule has 3 rings (SSSR count). The number of sulfonamides is 1. The van der Waals surface area contributed by atoms with Crippen LogP contribution in [0.4, 0.5) is 4.79 Å². The molecule has 0 aromatic heterocycles. The maximum atomic E-state index is 12.5. The Morgan fingerprint density at radius 2 is 1.62 bits per heavy atom. The highest BCUT2D eigenvalue weighted by Gasteiger charge is 2.32. The molecule has 0 saturated heterocycles. The van der Waals surface area contributed by atoms with E-state index in [1.54, 1.807) is 12.1 Å². The Morgan fingerprint density at radius 3 is 2.26 bits per heavy atom. The molecular formula is C34H44ClNO5S. The van der Waals surface area contributed by atoms with E-state index in [2.05, 4.69) is 52.8 Å². The predicted octanol–water partition coefficient (Wildman–Crippen LogP) is 9.41. The van der Waals surface area contributed by atoms with Gasteiger partial charge in [0.05, 0.1) is 4.90 Å². The summed E-state index contributed by atoms with van der Waals surface area (Å²) in [5, 5.41) is 0.394. The van der Waals surface area contributed by atoms with Crippen molar-refractivity contribution in [2.24, 2.45) is 0 Å². The Labute approximate surface area is 256 Å². The van der Waals surface area contributed by atoms with Gasteiger partial charge >= 0.3 is 6.09 Å². The fourth-order valence-electron chi connectivity index (χ4n) is 4.95. The second-order valence-electron chi connectivity index (χ2n) is 11.7. The van der Waals surface area contributed by atoms with Crippen LogP contribution >= 0.6 is 11.6 Å². The second-order valence-corrected chi connectivity index (χ2v) is 13.8. The quantitative estimate of drug-likeness (QED) is 0.241. The first kappa shape index (κ1) is 33.5. The molecule has 6 nitrogen and oxygen atoms in total. The van der Waals surface area contributed by atoms with Gasteiger partial charge in [-0.25, -0.2) is 17.9 Å². The summed E-state index contributed by atoms with van der Waals surface area (Å²) in [6, 6.07) is 8.95. The number of fused-ring (bicyclic) bond motifs is 1. The van der Waals surface area contributed by atoms with Gasteiger partial charge in [-0.15, -0.1) is 0 Å². The van der Waals surface area contributed by atoms with Crippen molar-refractivity contribution in [2.45, 2.75) is 103 Å². The SMILES string of the molecule is CC(C)=CCC/C(C)=C/CC/C(C)=C/CC[C@]1(C)CCc2cc(OC(=O)NS(=O)(=O)c3ccc(Cl)cc3)cc(C)c2O1. The molecule has 1 heterocycles. The first-order chi connectivity index (χ1) is 19.8. The Balaban J connectivity index is 1.52. The highest BCUT2D eigenvalue weighted by atomic mass is 35.5. The van der Waals surface area contributed by atoms with E-state index in [1.165, 1.54) is 41.0 Å². The standard InChI is InChI=1S/C34H44ClNO5S/c1-24(2)10-7-11-25(3)12-8-13-26(4)14-9-20-34(6)21-19-28-23-30(22-27(5)32(28)41-34)40-33(37)36-42(38,39)31-17-15-29(35)16-18-31/h10,12,14-18,22-23H,7-9,11,13,19-21H2,1-6H3,(H,36,37)/b25-12+,26-14+/t34-/m1/s1. The van der Waals surface area contributed by atoms with E-state index in [0.29, 0.717) is 5.02 Å². The molecule has 1 atom stereocenters. The van der Waals surface area contributed by atoms with Crippen LogP contribution in [-0.4, -0.2) is 20.1 Å². The molecule has 0 unspecified atom stereocenters. The molecule has 228 valence electrons. The van der Waals surface area contributed by atoms with Gasteiger partial charge in [0.15, 0.2) is 0 Å². The van der Waals surface area contributed by atoms with E-state index in [4.69, 9.17) is 21.1 Å². The highest BCUT2D eigenvalue weighted by Crippen LogP contribution is 2.40. The van der Waals surface area contributed by atoms with Crippen LogP contribution in [0.25, 0.3) is 0 Å². The number of halogens is 1. The van der Waals surface area contributed by atoms with Crippen molar-refractivity contribution < 1.29 is 22.7 Å². The van der Waals surface area contributed by atoms with Gasteiger partial charge in [-0.3, -0.25) is 0 Å². The summed E-state index contributed by atoms with van der Waals surface area (Å²) >= 11 is 5.82. The zero-order valence-corrected chi connectivity index (χ0v) is 27.3. The van der Waals surface area contributed by atoms with Crippen LogP contribution in [0.5, 0.6) is 11.5 Å². The van der Waals surface area contributed by atoms with Crippen LogP contribution in [0.1, 0.15) is 90.7 Å². The van der Waals surface area contributed by atoms with Crippen molar-refractivity contribution in [1.29, 1.82) is 0 Å². The molecule has 1 N–H and O–H groups in total. The zero-order valence-electron chi connectivity index (χ0n) is 25.7. The number of nitrogens with one attached hydrogen (secondary N) is 1. The second kappa shape index (κ2) is 14.9. The summed E-state index contributed by atoms with van der Waals surface area (Å²) in [5.41, 5.74) is 5.71. The number of carbonyl (C=O) groups is 1. The summed E-state index contributed by atoms with van der Waals surface area (Å²) in [6.07, 6.45) is 13.7. The lowest BCUT2D eigenvalue weighted by atomic mass is 9.87. The number of rotatable bonds is 12. The van der Waals surface area contributed by atoms with Gasteiger partial charge in [0.25, 0.3) is 10.0 Å². The minimum atomic E-state index is -4.09. The van der Waals surface area contributed by atoms with Gasteiger partial charge in [-0.1, -0.05) is 46.5 Å². The van der Waals surface area contributed by atoms with E-state index in [9.17, 15) is 13.2 Å². The molecule has 42 heavy (non-hydrogen) atoms. The van der Waals surface area contributed by atoms with Gasteiger partial charge in [0.1, 0.15) is 17.1 Å². The van der Waals surface area contributed by atoms with Crippen LogP contribution in [0.3, 0.4) is 0 Å². The summed E-state index contributed by atoms with van der Waals surface area (Å²) in [7, 11) is -4.09. The summed E-state index contributed by atoms with van der Waals surface area (Å²) in [6.45, 7) is 12.8. The van der Waals surface area contributed by atoms with Gasteiger partial charge in [0.2, 0.25) is 0 Å². The first-order valence-corrected chi connectivity index (χ1v) is 16.4. The van der Waals surface area contributed by atoms with Crippen molar-refractivity contribution in [3.63, 3.8) is 0 Å². The molecule has 0 fully saturated rings. The topological polar surface area (TPSA) is 81.7 Å². The van der Waals surface area contributed by atoms with E-state index in [0.717, 1.165) is 68.2 Å². The Kier molecular flexibility index (Phi) is 11.9. The summed E-state index contributed by atoms with van der Waals surface area (Å²) in [4.78, 5) is 12.3. The van der Waals surface area contributed by atoms with Gasteiger partial charge in [-0.05, 0) is 140 Å². The smallest absolute Gasteiger partial charge is 0.426 e. The summed E-state index contributed by atoms with van der Waals surface area (Å²) in [5.74, 6) is 1.07. The normalized spacial score (nSPS) is 17.2. The predicted molar refractivity (Wildman–Crippen MR) is 171 cm³/mol. The maximum Gasteiger partial charge on any atom is 0.426 e. The molecule has 0 radical (unpaired) electrons. The van der Waals surface area contributed by atoms with Gasteiger partial charge < -0.3 is 9.47 Å². The number of benzene rings is 2. The molecule has 1 aliphatic rings. The Morgan fingerprint density at radius 1 is 1.00 bits per heavy atom. The number of amides is 1. The lowest BCUT2D eigenvalue weighted by molar-refractivity contribution is 0.0561. The minimum Gasteiger partial charge on any atom is -0.487 e. The number of ether oxygens (including phenoxy) is 2. The molecule has 8 heteroatoms. The lowest BCUT2D eigenvalue weighted by Crippen LogP contribution is -2.36. The summed E-state index contributed by atoms with van der Waals surface area (Å²) < 4.78 is 38.8. The van der Waals surface area contributed by atoms with Crippen LogP contribution < -0.4 is 14.2 Å². The van der Waals surface area contributed by atoms with Gasteiger partial charge in [0, 0.05) is 5.02 Å². The largest absolute Gasteiger partial charge is 0.487 e. The molecular weight excluding hydrogens is 570 g/mol. The number of aryl methyl sites for hydroxylation is 2. The van der Waals surface area contributed by atoms with E-state index in [1.807, 2.05) is 11.6 Å². The van der Waals surface area contributed by atoms with Crippen molar-refractivity contribution in [3.8, 4) is 11.5 Å². The molecule has 1 aliphatic heterocycles. The van der Waals surface area contributed by atoms with Crippen molar-refractivity contribution >= 4 is 27.7 Å². The van der Waals surface area contributed by atoms with E-state index < -0.39 is 16.1 Å². The fraction of sp³-hybridized carbons (Fsp3) is 0.441. The third-order valence-electron chi connectivity index (χ3n) is 7.44. The van der Waals surface area contributed by atoms with Crippen LogP contribution in [0.2, 0.25) is 5.02 Å². The molecule has 0 bridgehead atoms. The number of carbonyl (C=O) groups excluding carboxylic acids is 1. The average molecular weight is 614 g/mol. The van der Waals surface area contributed by atoms with E-state index >= 15 is 0 Å². The Bertz CT molecular complexity index is 1450. The van der Waals surface area contributed by atoms with Crippen molar-refractivity contribution in [3.05, 3.63) is 87.5 Å². The van der Waals surface area contributed by atoms with Crippen LogP contribution in [-0.2, 0) is 16.4 Å². The van der Waals surface area contributed by atoms with Gasteiger partial charge in [-0.2, -0.15) is 0 Å². The molecule has 0 aliphatic carbocycles. The highest BCUT2D eigenvalue weighted by molar-refractivity contribution is 7.90. The number of hydrogen-bond acceptors (Lipinski definition) is 5. The monoisotopic (exact) mass is 613 g/mol. The number of hydrogen-bond donors (Lipinski definition) is 1. The third-order valence-corrected chi connectivity index (χ3v) is 9.02. The number of allylic oxidation sites excluding steroid dienone is 6. The maximum absolute atomic E-state index is 12.5.